The molecule has 2 N–H and O–H groups in total. The van der Waals surface area contributed by atoms with Crippen LogP contribution in [0.1, 0.15) is 51.2 Å². The van der Waals surface area contributed by atoms with Crippen LogP contribution in [-0.4, -0.2) is 30.1 Å². The Morgan fingerprint density at radius 2 is 1.31 bits per heavy atom. The van der Waals surface area contributed by atoms with Gasteiger partial charge in [0.2, 0.25) is 0 Å². The maximum Gasteiger partial charge on any atom is 0.109 e. The fraction of sp³-hybridized carbons (Fsp3) is 0.188. The molecule has 6 nitrogen and oxygen atoms in total. The highest BCUT2D eigenvalue weighted by atomic mass is 32.1. The summed E-state index contributed by atoms with van der Waals surface area (Å²) < 4.78 is 2.54. The molecule has 4 heterocycles. The van der Waals surface area contributed by atoms with Gasteiger partial charge in [-0.25, -0.2) is 9.97 Å². The van der Waals surface area contributed by atoms with Crippen LogP contribution in [0.3, 0.4) is 0 Å². The summed E-state index contributed by atoms with van der Waals surface area (Å²) in [6, 6.07) is 18.0. The van der Waals surface area contributed by atoms with Crippen molar-refractivity contribution in [3.63, 3.8) is 0 Å². The Kier molecular flexibility index (Phi) is 4.68. The van der Waals surface area contributed by atoms with Crippen molar-refractivity contribution in [3.05, 3.63) is 72.6 Å². The van der Waals surface area contributed by atoms with Gasteiger partial charge in [-0.05, 0) is 40.8 Å². The third kappa shape index (κ3) is 3.32. The number of imidazole rings is 2. The largest absolute Gasteiger partial charge is 0.342 e. The van der Waals surface area contributed by atoms with Gasteiger partial charge in [0.1, 0.15) is 11.6 Å². The predicted molar refractivity (Wildman–Crippen MR) is 163 cm³/mol. The zero-order chi connectivity index (χ0) is 26.4. The molecule has 0 atom stereocenters. The Labute approximate surface area is 228 Å². The van der Waals surface area contributed by atoms with Crippen LogP contribution in [0.5, 0.6) is 0 Å². The van der Waals surface area contributed by atoms with Crippen molar-refractivity contribution in [2.24, 2.45) is 0 Å². The van der Waals surface area contributed by atoms with E-state index in [1.54, 1.807) is 0 Å². The summed E-state index contributed by atoms with van der Waals surface area (Å²) >= 11 is 1.83. The monoisotopic (exact) mass is 526 g/mol. The maximum atomic E-state index is 4.93. The molecule has 4 aromatic carbocycles. The molecule has 8 aromatic rings. The van der Waals surface area contributed by atoms with Crippen molar-refractivity contribution < 1.29 is 0 Å². The minimum absolute atomic E-state index is 0.311. The van der Waals surface area contributed by atoms with E-state index in [4.69, 9.17) is 9.97 Å². The topological polar surface area (TPSA) is 83.1 Å². The van der Waals surface area contributed by atoms with Gasteiger partial charge in [0.25, 0.3) is 0 Å². The molecule has 0 unspecified atom stereocenters. The highest BCUT2D eigenvalue weighted by Crippen LogP contribution is 2.40. The summed E-state index contributed by atoms with van der Waals surface area (Å²) in [5.41, 5.74) is 6.54. The average molecular weight is 527 g/mol. The van der Waals surface area contributed by atoms with Gasteiger partial charge in [-0.3, -0.25) is 0 Å². The van der Waals surface area contributed by atoms with E-state index >= 15 is 0 Å². The number of aromatic amines is 2. The van der Waals surface area contributed by atoms with Crippen LogP contribution in [0.4, 0.5) is 0 Å². The van der Waals surface area contributed by atoms with Crippen LogP contribution in [0.15, 0.2) is 60.9 Å². The molecule has 4 aromatic heterocycles. The lowest BCUT2D eigenvalue weighted by Crippen LogP contribution is -1.88. The van der Waals surface area contributed by atoms with E-state index in [-0.39, 0.29) is 0 Å². The molecule has 0 fully saturated rings. The summed E-state index contributed by atoms with van der Waals surface area (Å²) in [7, 11) is 0. The molecule has 0 amide bonds. The lowest BCUT2D eigenvalue weighted by atomic mass is 9.96. The zero-order valence-electron chi connectivity index (χ0n) is 22.1. The van der Waals surface area contributed by atoms with E-state index in [0.29, 0.717) is 11.8 Å². The minimum atomic E-state index is 0.311. The van der Waals surface area contributed by atoms with Gasteiger partial charge in [0.15, 0.2) is 0 Å². The maximum absolute atomic E-state index is 4.93. The Morgan fingerprint density at radius 1 is 0.615 bits per heavy atom. The molecular weight excluding hydrogens is 500 g/mol. The third-order valence-corrected chi connectivity index (χ3v) is 8.92. The van der Waals surface area contributed by atoms with Crippen molar-refractivity contribution in [1.29, 1.82) is 0 Å². The Bertz CT molecular complexity index is 2250. The number of hydrogen-bond donors (Lipinski definition) is 2. The molecule has 0 saturated carbocycles. The smallest absolute Gasteiger partial charge is 0.109 e. The van der Waals surface area contributed by atoms with E-state index in [1.165, 1.54) is 31.3 Å². The summed E-state index contributed by atoms with van der Waals surface area (Å²) in [6.07, 6.45) is 3.69. The number of rotatable bonds is 3. The van der Waals surface area contributed by atoms with Crippen molar-refractivity contribution >= 4 is 75.1 Å². The first-order valence-electron chi connectivity index (χ1n) is 13.4. The number of hydrogen-bond acceptors (Lipinski definition) is 5. The van der Waals surface area contributed by atoms with E-state index in [1.807, 2.05) is 23.7 Å². The average Bonchev–Trinajstić information content (AvgIpc) is 3.66. The third-order valence-electron chi connectivity index (χ3n) is 7.81. The van der Waals surface area contributed by atoms with Gasteiger partial charge in [-0.2, -0.15) is 10.2 Å². The molecule has 39 heavy (non-hydrogen) atoms. The van der Waals surface area contributed by atoms with Crippen LogP contribution in [0.25, 0.3) is 74.9 Å². The highest BCUT2D eigenvalue weighted by Gasteiger charge is 2.16. The molecule has 190 valence electrons. The predicted octanol–water partition coefficient (Wildman–Crippen LogP) is 8.82. The van der Waals surface area contributed by atoms with E-state index < -0.39 is 0 Å². The zero-order valence-corrected chi connectivity index (χ0v) is 22.9. The number of H-pyrrole nitrogens is 2. The molecule has 0 bridgehead atoms. The van der Waals surface area contributed by atoms with E-state index in [9.17, 15) is 0 Å². The SMILES string of the molecule is CC(C)c1nc2cc3sc4cc(-c5ccc6c(c5)c5cnncc5c5nc(C(C)C)[nH]c65)ccc4c3cc2[nH]1. The first kappa shape index (κ1) is 22.6. The van der Waals surface area contributed by atoms with Gasteiger partial charge >= 0.3 is 0 Å². The summed E-state index contributed by atoms with van der Waals surface area (Å²) in [6.45, 7) is 8.65. The van der Waals surface area contributed by atoms with Crippen molar-refractivity contribution in [1.82, 2.24) is 30.1 Å². The molecule has 0 saturated heterocycles. The molecule has 8 rings (SSSR count). The number of fused-ring (bicyclic) bond motifs is 10. The van der Waals surface area contributed by atoms with Gasteiger partial charge in [-0.15, -0.1) is 11.3 Å². The number of nitrogens with one attached hydrogen (secondary N) is 2. The van der Waals surface area contributed by atoms with Crippen LogP contribution in [0.2, 0.25) is 0 Å². The molecule has 7 heteroatoms. The number of benzene rings is 4. The summed E-state index contributed by atoms with van der Waals surface area (Å²) in [4.78, 5) is 16.8. The van der Waals surface area contributed by atoms with Crippen LogP contribution < -0.4 is 0 Å². The number of nitrogens with zero attached hydrogens (tertiary/aromatic N) is 4. The first-order valence-corrected chi connectivity index (χ1v) is 14.2. The number of aromatic nitrogens is 6. The Balaban J connectivity index is 1.31. The quantitative estimate of drug-likeness (QED) is 0.225. The fourth-order valence-corrected chi connectivity index (χ4v) is 6.86. The van der Waals surface area contributed by atoms with Gasteiger partial charge in [0.05, 0.1) is 34.5 Å². The summed E-state index contributed by atoms with van der Waals surface area (Å²) in [5, 5.41) is 15.4. The fourth-order valence-electron chi connectivity index (χ4n) is 5.70. The molecule has 0 spiro atoms. The van der Waals surface area contributed by atoms with Gasteiger partial charge < -0.3 is 9.97 Å². The first-order chi connectivity index (χ1) is 18.9. The lowest BCUT2D eigenvalue weighted by Gasteiger charge is -2.09. The molecule has 0 aliphatic rings. The molecule has 0 aliphatic heterocycles. The van der Waals surface area contributed by atoms with Gasteiger partial charge in [0, 0.05) is 48.2 Å². The van der Waals surface area contributed by atoms with Crippen LogP contribution in [-0.2, 0) is 0 Å². The van der Waals surface area contributed by atoms with Crippen molar-refractivity contribution in [2.75, 3.05) is 0 Å². The summed E-state index contributed by atoms with van der Waals surface area (Å²) in [5.74, 6) is 2.71. The van der Waals surface area contributed by atoms with Crippen molar-refractivity contribution in [2.45, 2.75) is 39.5 Å². The van der Waals surface area contributed by atoms with E-state index in [2.05, 4.69) is 96.4 Å². The lowest BCUT2D eigenvalue weighted by molar-refractivity contribution is 0.799. The highest BCUT2D eigenvalue weighted by molar-refractivity contribution is 7.25. The second-order valence-corrected chi connectivity index (χ2v) is 12.1. The second-order valence-electron chi connectivity index (χ2n) is 11.0. The van der Waals surface area contributed by atoms with Crippen LogP contribution >= 0.6 is 11.3 Å². The van der Waals surface area contributed by atoms with E-state index in [0.717, 1.165) is 55.3 Å². The molecule has 0 aliphatic carbocycles. The standard InChI is InChI=1S/C32H26N6S/c1-15(2)31-35-25-11-22-19-7-5-18(10-27(19)39-28(22)12-26(25)36-31)17-6-8-20-21(9-17)23-13-33-34-14-24(23)30-29(20)37-32(38-30)16(3)4/h5-16H,1-4H3,(H,35,36)(H,37,38). The minimum Gasteiger partial charge on any atom is -0.342 e. The van der Waals surface area contributed by atoms with Gasteiger partial charge in [-0.1, -0.05) is 52.0 Å². The molecular formula is C32H26N6S. The molecule has 0 radical (unpaired) electrons. The van der Waals surface area contributed by atoms with Crippen LogP contribution in [0, 0.1) is 0 Å². The number of thiophene rings is 1. The van der Waals surface area contributed by atoms with Crippen molar-refractivity contribution in [3.8, 4) is 11.1 Å². The Morgan fingerprint density at radius 3 is 2.10 bits per heavy atom. The normalized spacial score (nSPS) is 12.6. The second kappa shape index (κ2) is 8.07. The Hall–Kier alpha value is -4.36.